The topological polar surface area (TPSA) is 66.9 Å². The molecule has 2 amide bonds. The van der Waals surface area contributed by atoms with Crippen LogP contribution < -0.4 is 10.6 Å². The molecule has 0 saturated carbocycles. The third kappa shape index (κ3) is 4.75. The molecule has 0 bridgehead atoms. The second-order valence-corrected chi connectivity index (χ2v) is 8.03. The summed E-state index contributed by atoms with van der Waals surface area (Å²) in [5, 5.41) is 12.0. The van der Waals surface area contributed by atoms with Crippen LogP contribution in [0.2, 0.25) is 0 Å². The lowest BCUT2D eigenvalue weighted by Gasteiger charge is -2.20. The maximum atomic E-state index is 12.6. The zero-order valence-corrected chi connectivity index (χ0v) is 17.5. The summed E-state index contributed by atoms with van der Waals surface area (Å²) in [5.41, 5.74) is 6.16. The SMILES string of the molecule is CC(C)c1cccc(C(C)C)c1NC(=O)NCc1ccc(-c2csnn2)cc1. The Labute approximate surface area is 170 Å². The molecule has 1 aromatic heterocycles. The Hall–Kier alpha value is -2.73. The van der Waals surface area contributed by atoms with Crippen LogP contribution in [-0.2, 0) is 6.54 Å². The molecule has 3 rings (SSSR count). The van der Waals surface area contributed by atoms with Crippen molar-refractivity contribution in [2.75, 3.05) is 5.32 Å². The minimum Gasteiger partial charge on any atom is -0.334 e. The standard InChI is InChI=1S/C22H26N4OS/c1-14(2)18-6-5-7-19(15(3)4)21(18)24-22(27)23-12-16-8-10-17(11-9-16)20-13-28-26-25-20/h5-11,13-15H,12H2,1-4H3,(H2,23,24,27). The Morgan fingerprint density at radius 2 is 1.64 bits per heavy atom. The van der Waals surface area contributed by atoms with Crippen LogP contribution in [0.5, 0.6) is 0 Å². The molecule has 0 saturated heterocycles. The molecule has 28 heavy (non-hydrogen) atoms. The predicted octanol–water partition coefficient (Wildman–Crippen LogP) is 5.77. The number of para-hydroxylation sites is 1. The van der Waals surface area contributed by atoms with Gasteiger partial charge in [0.15, 0.2) is 0 Å². The third-order valence-corrected chi connectivity index (χ3v) is 5.18. The summed E-state index contributed by atoms with van der Waals surface area (Å²) in [6.45, 7) is 9.02. The average molecular weight is 395 g/mol. The van der Waals surface area contributed by atoms with E-state index in [0.29, 0.717) is 18.4 Å². The molecule has 146 valence electrons. The molecule has 0 unspecified atom stereocenters. The first-order valence-corrected chi connectivity index (χ1v) is 10.3. The van der Waals surface area contributed by atoms with Crippen molar-refractivity contribution in [1.82, 2.24) is 14.9 Å². The lowest BCUT2D eigenvalue weighted by Crippen LogP contribution is -2.29. The highest BCUT2D eigenvalue weighted by Crippen LogP contribution is 2.32. The first-order chi connectivity index (χ1) is 13.5. The molecule has 0 aliphatic rings. The molecule has 0 radical (unpaired) electrons. The Bertz CT molecular complexity index is 892. The third-order valence-electron chi connectivity index (χ3n) is 4.67. The number of carbonyl (C=O) groups is 1. The first-order valence-electron chi connectivity index (χ1n) is 9.49. The van der Waals surface area contributed by atoms with Crippen LogP contribution in [0.3, 0.4) is 0 Å². The molecule has 0 aliphatic heterocycles. The molecule has 2 N–H and O–H groups in total. The number of rotatable bonds is 6. The van der Waals surface area contributed by atoms with Crippen molar-refractivity contribution in [3.8, 4) is 11.3 Å². The lowest BCUT2D eigenvalue weighted by atomic mass is 9.93. The number of amides is 2. The van der Waals surface area contributed by atoms with E-state index in [1.165, 1.54) is 11.5 Å². The molecule has 6 heteroatoms. The van der Waals surface area contributed by atoms with Crippen molar-refractivity contribution in [3.63, 3.8) is 0 Å². The maximum Gasteiger partial charge on any atom is 0.319 e. The van der Waals surface area contributed by atoms with E-state index in [1.54, 1.807) is 0 Å². The van der Waals surface area contributed by atoms with Gasteiger partial charge in [0.05, 0.1) is 0 Å². The number of hydrogen-bond acceptors (Lipinski definition) is 4. The molecule has 0 spiro atoms. The fraction of sp³-hybridized carbons (Fsp3) is 0.318. The molecular formula is C22H26N4OS. The number of anilines is 1. The van der Waals surface area contributed by atoms with Crippen molar-refractivity contribution in [2.45, 2.75) is 46.1 Å². The molecule has 5 nitrogen and oxygen atoms in total. The van der Waals surface area contributed by atoms with Crippen LogP contribution in [0.15, 0.2) is 47.8 Å². The van der Waals surface area contributed by atoms with E-state index in [1.807, 2.05) is 29.6 Å². The number of nitrogens with one attached hydrogen (secondary N) is 2. The molecular weight excluding hydrogens is 368 g/mol. The van der Waals surface area contributed by atoms with E-state index < -0.39 is 0 Å². The number of hydrogen-bond donors (Lipinski definition) is 2. The number of urea groups is 1. The Balaban J connectivity index is 1.66. The normalized spacial score (nSPS) is 11.1. The van der Waals surface area contributed by atoms with E-state index in [-0.39, 0.29) is 6.03 Å². The second kappa shape index (κ2) is 8.97. The van der Waals surface area contributed by atoms with Crippen LogP contribution in [0.4, 0.5) is 10.5 Å². The number of aromatic nitrogens is 2. The monoisotopic (exact) mass is 394 g/mol. The molecule has 0 atom stereocenters. The molecule has 3 aromatic rings. The van der Waals surface area contributed by atoms with Crippen molar-refractivity contribution in [2.24, 2.45) is 0 Å². The van der Waals surface area contributed by atoms with Gasteiger partial charge in [-0.25, -0.2) is 4.79 Å². The molecule has 0 aliphatic carbocycles. The zero-order valence-electron chi connectivity index (χ0n) is 16.7. The first kappa shape index (κ1) is 20.0. The minimum absolute atomic E-state index is 0.192. The fourth-order valence-corrected chi connectivity index (χ4v) is 3.58. The van der Waals surface area contributed by atoms with Crippen molar-refractivity contribution in [1.29, 1.82) is 0 Å². The van der Waals surface area contributed by atoms with E-state index in [4.69, 9.17) is 0 Å². The summed E-state index contributed by atoms with van der Waals surface area (Å²) in [5.74, 6) is 0.670. The Morgan fingerprint density at radius 1 is 1.00 bits per heavy atom. The lowest BCUT2D eigenvalue weighted by molar-refractivity contribution is 0.251. The van der Waals surface area contributed by atoms with Crippen molar-refractivity contribution in [3.05, 3.63) is 64.5 Å². The maximum absolute atomic E-state index is 12.6. The van der Waals surface area contributed by atoms with Gasteiger partial charge in [-0.2, -0.15) is 0 Å². The summed E-state index contributed by atoms with van der Waals surface area (Å²) in [6.07, 6.45) is 0. The van der Waals surface area contributed by atoms with E-state index >= 15 is 0 Å². The van der Waals surface area contributed by atoms with Crippen molar-refractivity contribution < 1.29 is 4.79 Å². The second-order valence-electron chi connectivity index (χ2n) is 7.42. The van der Waals surface area contributed by atoms with Gasteiger partial charge in [0.25, 0.3) is 0 Å². The summed E-state index contributed by atoms with van der Waals surface area (Å²) in [7, 11) is 0. The summed E-state index contributed by atoms with van der Waals surface area (Å²) < 4.78 is 3.89. The van der Waals surface area contributed by atoms with Gasteiger partial charge >= 0.3 is 6.03 Å². The number of nitrogens with zero attached hydrogens (tertiary/aromatic N) is 2. The largest absolute Gasteiger partial charge is 0.334 e. The minimum atomic E-state index is -0.192. The van der Waals surface area contributed by atoms with E-state index in [9.17, 15) is 4.79 Å². The summed E-state index contributed by atoms with van der Waals surface area (Å²) in [4.78, 5) is 12.6. The highest BCUT2D eigenvalue weighted by Gasteiger charge is 2.15. The van der Waals surface area contributed by atoms with Gasteiger partial charge in [-0.1, -0.05) is 74.6 Å². The Kier molecular flexibility index (Phi) is 6.41. The number of carbonyl (C=O) groups excluding carboxylic acids is 1. The van der Waals surface area contributed by atoms with Gasteiger partial charge in [0.1, 0.15) is 5.69 Å². The van der Waals surface area contributed by atoms with Gasteiger partial charge in [-0.3, -0.25) is 0 Å². The van der Waals surface area contributed by atoms with Gasteiger partial charge in [-0.05, 0) is 40.1 Å². The van der Waals surface area contributed by atoms with Crippen molar-refractivity contribution >= 4 is 23.3 Å². The van der Waals surface area contributed by atoms with Crippen LogP contribution in [0.1, 0.15) is 56.2 Å². The highest BCUT2D eigenvalue weighted by atomic mass is 32.1. The van der Waals surface area contributed by atoms with Crippen LogP contribution in [0, 0.1) is 0 Å². The highest BCUT2D eigenvalue weighted by molar-refractivity contribution is 7.03. The van der Waals surface area contributed by atoms with Gasteiger partial charge in [0.2, 0.25) is 0 Å². The van der Waals surface area contributed by atoms with Gasteiger partial charge in [-0.15, -0.1) is 5.10 Å². The average Bonchev–Trinajstić information content (AvgIpc) is 3.21. The molecule has 2 aromatic carbocycles. The van der Waals surface area contributed by atoms with E-state index in [0.717, 1.165) is 33.6 Å². The van der Waals surface area contributed by atoms with Crippen LogP contribution >= 0.6 is 11.5 Å². The van der Waals surface area contributed by atoms with Gasteiger partial charge < -0.3 is 10.6 Å². The zero-order chi connectivity index (χ0) is 20.1. The smallest absolute Gasteiger partial charge is 0.319 e. The quantitative estimate of drug-likeness (QED) is 0.557. The predicted molar refractivity (Wildman–Crippen MR) is 116 cm³/mol. The van der Waals surface area contributed by atoms with E-state index in [2.05, 4.69) is 66.1 Å². The van der Waals surface area contributed by atoms with Crippen LogP contribution in [-0.4, -0.2) is 15.6 Å². The number of benzene rings is 2. The van der Waals surface area contributed by atoms with Gasteiger partial charge in [0, 0.05) is 23.2 Å². The van der Waals surface area contributed by atoms with Crippen LogP contribution in [0.25, 0.3) is 11.3 Å². The molecule has 0 fully saturated rings. The Morgan fingerprint density at radius 3 is 2.18 bits per heavy atom. The summed E-state index contributed by atoms with van der Waals surface area (Å²) >= 11 is 1.33. The fourth-order valence-electron chi connectivity index (χ4n) is 3.12. The summed E-state index contributed by atoms with van der Waals surface area (Å²) in [6, 6.07) is 14.0. The molecule has 1 heterocycles.